The van der Waals surface area contributed by atoms with Crippen LogP contribution >= 0.6 is 0 Å². The predicted octanol–water partition coefficient (Wildman–Crippen LogP) is 3.36. The smallest absolute Gasteiger partial charge is 0.328 e. The van der Waals surface area contributed by atoms with E-state index in [2.05, 4.69) is 5.32 Å². The van der Waals surface area contributed by atoms with Gasteiger partial charge in [-0.3, -0.25) is 4.79 Å². The normalized spacial score (nSPS) is 11.6. The number of ether oxygens (including phenoxy) is 2. The molecular weight excluding hydrogens is 342 g/mol. The van der Waals surface area contributed by atoms with Gasteiger partial charge in [0, 0.05) is 6.42 Å². The third-order valence-corrected chi connectivity index (χ3v) is 4.40. The lowest BCUT2D eigenvalue weighted by Gasteiger charge is -2.18. The summed E-state index contributed by atoms with van der Waals surface area (Å²) in [5.41, 5.74) is 1.30. The van der Waals surface area contributed by atoms with E-state index in [1.54, 1.807) is 24.3 Å². The fourth-order valence-corrected chi connectivity index (χ4v) is 3.01. The Morgan fingerprint density at radius 1 is 0.926 bits per heavy atom. The first kappa shape index (κ1) is 18.5. The highest BCUT2D eigenvalue weighted by Crippen LogP contribution is 2.19. The van der Waals surface area contributed by atoms with Crippen molar-refractivity contribution < 1.29 is 19.1 Å². The van der Waals surface area contributed by atoms with Crippen LogP contribution in [0.2, 0.25) is 0 Å². The van der Waals surface area contributed by atoms with Gasteiger partial charge in [0.1, 0.15) is 11.8 Å². The van der Waals surface area contributed by atoms with Crippen molar-refractivity contribution in [2.45, 2.75) is 12.5 Å². The number of nitrogens with one attached hydrogen (secondary N) is 1. The Morgan fingerprint density at radius 2 is 1.63 bits per heavy atom. The van der Waals surface area contributed by atoms with Crippen LogP contribution in [-0.4, -0.2) is 32.1 Å². The van der Waals surface area contributed by atoms with Crippen LogP contribution in [0.3, 0.4) is 0 Å². The predicted molar refractivity (Wildman–Crippen MR) is 104 cm³/mol. The summed E-state index contributed by atoms with van der Waals surface area (Å²) < 4.78 is 10.1. The van der Waals surface area contributed by atoms with Crippen LogP contribution in [0.4, 0.5) is 0 Å². The van der Waals surface area contributed by atoms with Gasteiger partial charge in [0.15, 0.2) is 0 Å². The quantitative estimate of drug-likeness (QED) is 0.682. The van der Waals surface area contributed by atoms with Gasteiger partial charge < -0.3 is 14.8 Å². The van der Waals surface area contributed by atoms with Crippen molar-refractivity contribution in [3.63, 3.8) is 0 Å². The second-order valence-electron chi connectivity index (χ2n) is 6.14. The minimum absolute atomic E-state index is 0.332. The Labute approximate surface area is 157 Å². The van der Waals surface area contributed by atoms with Crippen LogP contribution < -0.4 is 10.1 Å². The summed E-state index contributed by atoms with van der Waals surface area (Å²) in [5, 5.41) is 4.96. The standard InChI is InChI=1S/C22H21NO4/c1-26-20-10-6-5-9-18(20)21(24)23-19(22(25)27-2)14-15-11-12-16-7-3-4-8-17(16)13-15/h3-13,19H,14H2,1-2H3,(H,23,24)/t19-/m1/s1. The molecule has 3 aromatic rings. The molecule has 0 aliphatic rings. The third-order valence-electron chi connectivity index (χ3n) is 4.40. The second kappa shape index (κ2) is 8.36. The summed E-state index contributed by atoms with van der Waals surface area (Å²) in [6.45, 7) is 0. The zero-order chi connectivity index (χ0) is 19.2. The molecule has 0 radical (unpaired) electrons. The molecule has 0 saturated carbocycles. The van der Waals surface area contributed by atoms with E-state index < -0.39 is 12.0 Å². The maximum atomic E-state index is 12.7. The first-order valence-corrected chi connectivity index (χ1v) is 8.61. The Balaban J connectivity index is 1.83. The van der Waals surface area contributed by atoms with Gasteiger partial charge in [-0.2, -0.15) is 0 Å². The molecule has 0 aliphatic heterocycles. The van der Waals surface area contributed by atoms with Gasteiger partial charge >= 0.3 is 5.97 Å². The molecule has 1 atom stereocenters. The fraction of sp³-hybridized carbons (Fsp3) is 0.182. The van der Waals surface area contributed by atoms with Crippen LogP contribution in [0.5, 0.6) is 5.75 Å². The Bertz CT molecular complexity index is 967. The van der Waals surface area contributed by atoms with Crippen molar-refractivity contribution in [2.75, 3.05) is 14.2 Å². The lowest BCUT2D eigenvalue weighted by Crippen LogP contribution is -2.43. The number of methoxy groups -OCH3 is 2. The summed E-state index contributed by atoms with van der Waals surface area (Å²) in [6.07, 6.45) is 0.332. The summed E-state index contributed by atoms with van der Waals surface area (Å²) in [6, 6.07) is 20.0. The van der Waals surface area contributed by atoms with Crippen LogP contribution in [0.15, 0.2) is 66.7 Å². The second-order valence-corrected chi connectivity index (χ2v) is 6.14. The molecule has 0 aromatic heterocycles. The molecule has 5 heteroatoms. The molecule has 0 spiro atoms. The maximum absolute atomic E-state index is 12.7. The Kier molecular flexibility index (Phi) is 5.71. The zero-order valence-corrected chi connectivity index (χ0v) is 15.3. The lowest BCUT2D eigenvalue weighted by atomic mass is 10.0. The van der Waals surface area contributed by atoms with E-state index in [4.69, 9.17) is 9.47 Å². The molecule has 27 heavy (non-hydrogen) atoms. The van der Waals surface area contributed by atoms with E-state index in [9.17, 15) is 9.59 Å². The molecule has 5 nitrogen and oxygen atoms in total. The molecule has 0 saturated heterocycles. The van der Waals surface area contributed by atoms with E-state index >= 15 is 0 Å². The number of esters is 1. The maximum Gasteiger partial charge on any atom is 0.328 e. The van der Waals surface area contributed by atoms with Crippen molar-refractivity contribution in [2.24, 2.45) is 0 Å². The Hall–Kier alpha value is -3.34. The van der Waals surface area contributed by atoms with Crippen molar-refractivity contribution in [1.29, 1.82) is 0 Å². The van der Waals surface area contributed by atoms with Crippen molar-refractivity contribution in [3.05, 3.63) is 77.9 Å². The first-order chi connectivity index (χ1) is 13.1. The highest BCUT2D eigenvalue weighted by atomic mass is 16.5. The van der Waals surface area contributed by atoms with Crippen molar-refractivity contribution in [1.82, 2.24) is 5.32 Å². The lowest BCUT2D eigenvalue weighted by molar-refractivity contribution is -0.142. The van der Waals surface area contributed by atoms with Gasteiger partial charge in [-0.25, -0.2) is 4.79 Å². The monoisotopic (exact) mass is 363 g/mol. The molecule has 0 aliphatic carbocycles. The number of para-hydroxylation sites is 1. The molecule has 1 N–H and O–H groups in total. The number of fused-ring (bicyclic) bond motifs is 1. The topological polar surface area (TPSA) is 64.6 Å². The molecule has 1 amide bonds. The number of rotatable bonds is 6. The number of carbonyl (C=O) groups excluding carboxylic acids is 2. The molecule has 0 bridgehead atoms. The first-order valence-electron chi connectivity index (χ1n) is 8.61. The molecule has 0 heterocycles. The molecular formula is C22H21NO4. The van der Waals surface area contributed by atoms with E-state index in [0.717, 1.165) is 16.3 Å². The van der Waals surface area contributed by atoms with Crippen LogP contribution in [0.25, 0.3) is 10.8 Å². The molecule has 3 aromatic carbocycles. The number of amides is 1. The third kappa shape index (κ3) is 4.26. The fourth-order valence-electron chi connectivity index (χ4n) is 3.01. The number of carbonyl (C=O) groups is 2. The van der Waals surface area contributed by atoms with Crippen molar-refractivity contribution >= 4 is 22.6 Å². The average molecular weight is 363 g/mol. The van der Waals surface area contributed by atoms with Crippen molar-refractivity contribution in [3.8, 4) is 5.75 Å². The summed E-state index contributed by atoms with van der Waals surface area (Å²) in [5.74, 6) is -0.431. The van der Waals surface area contributed by atoms with Gasteiger partial charge in [-0.05, 0) is 28.5 Å². The molecule has 0 unspecified atom stereocenters. The van der Waals surface area contributed by atoms with Gasteiger partial charge in [0.25, 0.3) is 5.91 Å². The minimum Gasteiger partial charge on any atom is -0.496 e. The van der Waals surface area contributed by atoms with E-state index in [1.165, 1.54) is 14.2 Å². The minimum atomic E-state index is -0.798. The number of hydrogen-bond donors (Lipinski definition) is 1. The average Bonchev–Trinajstić information content (AvgIpc) is 2.72. The van der Waals surface area contributed by atoms with Crippen LogP contribution in [-0.2, 0) is 16.0 Å². The Morgan fingerprint density at radius 3 is 2.37 bits per heavy atom. The largest absolute Gasteiger partial charge is 0.496 e. The van der Waals surface area contributed by atoms with Gasteiger partial charge in [0.2, 0.25) is 0 Å². The van der Waals surface area contributed by atoms with Gasteiger partial charge in [0.05, 0.1) is 19.8 Å². The number of hydrogen-bond acceptors (Lipinski definition) is 4. The summed E-state index contributed by atoms with van der Waals surface area (Å²) >= 11 is 0. The van der Waals surface area contributed by atoms with Crippen LogP contribution in [0.1, 0.15) is 15.9 Å². The molecule has 0 fully saturated rings. The highest BCUT2D eigenvalue weighted by molar-refractivity contribution is 5.99. The van der Waals surface area contributed by atoms with Gasteiger partial charge in [-0.1, -0.05) is 54.6 Å². The van der Waals surface area contributed by atoms with E-state index in [1.807, 2.05) is 42.5 Å². The SMILES string of the molecule is COC(=O)[C@@H](Cc1ccc2ccccc2c1)NC(=O)c1ccccc1OC. The summed E-state index contributed by atoms with van der Waals surface area (Å²) in [4.78, 5) is 24.9. The van der Waals surface area contributed by atoms with Gasteiger partial charge in [-0.15, -0.1) is 0 Å². The number of benzene rings is 3. The zero-order valence-electron chi connectivity index (χ0n) is 15.3. The van der Waals surface area contributed by atoms with E-state index in [0.29, 0.717) is 17.7 Å². The highest BCUT2D eigenvalue weighted by Gasteiger charge is 2.24. The molecule has 138 valence electrons. The van der Waals surface area contributed by atoms with Crippen LogP contribution in [0, 0.1) is 0 Å². The van der Waals surface area contributed by atoms with E-state index in [-0.39, 0.29) is 5.91 Å². The summed E-state index contributed by atoms with van der Waals surface area (Å²) in [7, 11) is 2.81. The molecule has 3 rings (SSSR count).